The fraction of sp³-hybridized carbons (Fsp3) is 0.211. The Labute approximate surface area is 142 Å². The quantitative estimate of drug-likeness (QED) is 0.692. The van der Waals surface area contributed by atoms with Crippen molar-refractivity contribution in [3.63, 3.8) is 0 Å². The van der Waals surface area contributed by atoms with Crippen LogP contribution in [-0.4, -0.2) is 30.5 Å². The van der Waals surface area contributed by atoms with E-state index in [1.165, 1.54) is 4.31 Å². The van der Waals surface area contributed by atoms with Gasteiger partial charge in [0.05, 0.1) is 11.3 Å². The van der Waals surface area contributed by atoms with Gasteiger partial charge >= 0.3 is 0 Å². The van der Waals surface area contributed by atoms with Crippen molar-refractivity contribution >= 4 is 20.9 Å². The van der Waals surface area contributed by atoms with Crippen molar-refractivity contribution in [2.75, 3.05) is 12.8 Å². The number of benzene rings is 2. The first-order valence-corrected chi connectivity index (χ1v) is 9.47. The van der Waals surface area contributed by atoms with Gasteiger partial charge in [-0.05, 0) is 29.7 Å². The summed E-state index contributed by atoms with van der Waals surface area (Å²) in [5.74, 6) is 0.106. The second-order valence-electron chi connectivity index (χ2n) is 5.84. The third kappa shape index (κ3) is 3.99. The minimum absolute atomic E-state index is 0.106. The van der Waals surface area contributed by atoms with E-state index in [4.69, 9.17) is 0 Å². The molecular weight excluding hydrogens is 320 g/mol. The molecule has 1 heterocycles. The summed E-state index contributed by atoms with van der Waals surface area (Å²) in [5.41, 5.74) is 2.83. The highest BCUT2D eigenvalue weighted by atomic mass is 32.2. The van der Waals surface area contributed by atoms with Crippen molar-refractivity contribution in [1.82, 2.24) is 9.29 Å². The van der Waals surface area contributed by atoms with Gasteiger partial charge in [0.15, 0.2) is 0 Å². The standard InChI is InChI=1S/C19H20N2O2S/c1-21(24(22,23)12-11-16-7-3-2-4-8-16)15-17-13-18-9-5-6-10-19(18)20-14-17/h2-10,13-14H,11-12,15H2,1H3. The van der Waals surface area contributed by atoms with Crippen LogP contribution in [0.3, 0.4) is 0 Å². The van der Waals surface area contributed by atoms with Crippen LogP contribution in [0.5, 0.6) is 0 Å². The summed E-state index contributed by atoms with van der Waals surface area (Å²) in [5, 5.41) is 1.02. The number of aryl methyl sites for hydroxylation is 1. The van der Waals surface area contributed by atoms with Crippen LogP contribution in [0.2, 0.25) is 0 Å². The van der Waals surface area contributed by atoms with E-state index in [0.29, 0.717) is 13.0 Å². The van der Waals surface area contributed by atoms with Crippen LogP contribution in [-0.2, 0) is 23.0 Å². The summed E-state index contributed by atoms with van der Waals surface area (Å²) in [6.07, 6.45) is 2.26. The predicted molar refractivity (Wildman–Crippen MR) is 97.1 cm³/mol. The first-order valence-electron chi connectivity index (χ1n) is 7.86. The van der Waals surface area contributed by atoms with Crippen molar-refractivity contribution < 1.29 is 8.42 Å². The van der Waals surface area contributed by atoms with Crippen LogP contribution in [0.15, 0.2) is 66.9 Å². The Morgan fingerprint density at radius 1 is 0.958 bits per heavy atom. The van der Waals surface area contributed by atoms with Crippen LogP contribution in [0.1, 0.15) is 11.1 Å². The summed E-state index contributed by atoms with van der Waals surface area (Å²) >= 11 is 0. The van der Waals surface area contributed by atoms with Crippen LogP contribution in [0.25, 0.3) is 10.9 Å². The summed E-state index contributed by atoms with van der Waals surface area (Å²) in [6, 6.07) is 19.5. The van der Waals surface area contributed by atoms with Crippen molar-refractivity contribution in [2.24, 2.45) is 0 Å². The molecule has 2 aromatic carbocycles. The second kappa shape index (κ2) is 7.11. The molecular formula is C19H20N2O2S. The van der Waals surface area contributed by atoms with Gasteiger partial charge in [0.25, 0.3) is 0 Å². The highest BCUT2D eigenvalue weighted by molar-refractivity contribution is 7.89. The van der Waals surface area contributed by atoms with Gasteiger partial charge in [-0.1, -0.05) is 48.5 Å². The molecule has 1 aromatic heterocycles. The van der Waals surface area contributed by atoms with Gasteiger partial charge in [-0.3, -0.25) is 4.98 Å². The maximum absolute atomic E-state index is 12.5. The van der Waals surface area contributed by atoms with Crippen LogP contribution >= 0.6 is 0 Å². The van der Waals surface area contributed by atoms with Gasteiger partial charge in [-0.25, -0.2) is 12.7 Å². The average Bonchev–Trinajstić information content (AvgIpc) is 2.61. The fourth-order valence-corrected chi connectivity index (χ4v) is 3.76. The van der Waals surface area contributed by atoms with Crippen molar-refractivity contribution in [3.05, 3.63) is 78.0 Å². The third-order valence-corrected chi connectivity index (χ3v) is 5.82. The Kier molecular flexibility index (Phi) is 4.92. The zero-order valence-electron chi connectivity index (χ0n) is 13.6. The molecule has 0 radical (unpaired) electrons. The van der Waals surface area contributed by atoms with Gasteiger partial charge in [0.2, 0.25) is 10.0 Å². The maximum atomic E-state index is 12.5. The number of nitrogens with zero attached hydrogens (tertiary/aromatic N) is 2. The number of rotatable bonds is 6. The third-order valence-electron chi connectivity index (χ3n) is 4.02. The lowest BCUT2D eigenvalue weighted by Gasteiger charge is -2.17. The highest BCUT2D eigenvalue weighted by Crippen LogP contribution is 2.15. The zero-order valence-corrected chi connectivity index (χ0v) is 14.4. The molecule has 5 heteroatoms. The minimum atomic E-state index is -3.30. The molecule has 0 aliphatic heterocycles. The first-order chi connectivity index (χ1) is 11.5. The lowest BCUT2D eigenvalue weighted by atomic mass is 10.1. The molecule has 3 aromatic rings. The number of fused-ring (bicyclic) bond motifs is 1. The molecule has 124 valence electrons. The Balaban J connectivity index is 1.68. The zero-order chi connectivity index (χ0) is 17.0. The lowest BCUT2D eigenvalue weighted by Crippen LogP contribution is -2.29. The van der Waals surface area contributed by atoms with E-state index in [1.807, 2.05) is 60.7 Å². The van der Waals surface area contributed by atoms with Gasteiger partial charge in [0, 0.05) is 25.2 Å². The molecule has 0 atom stereocenters. The largest absolute Gasteiger partial charge is 0.256 e. The molecule has 0 aliphatic rings. The average molecular weight is 340 g/mol. The molecule has 0 fully saturated rings. The summed E-state index contributed by atoms with van der Waals surface area (Å²) < 4.78 is 26.4. The van der Waals surface area contributed by atoms with Gasteiger partial charge in [-0.15, -0.1) is 0 Å². The van der Waals surface area contributed by atoms with Crippen LogP contribution in [0.4, 0.5) is 0 Å². The Bertz CT molecular complexity index is 924. The molecule has 24 heavy (non-hydrogen) atoms. The Morgan fingerprint density at radius 3 is 2.46 bits per heavy atom. The number of pyridine rings is 1. The maximum Gasteiger partial charge on any atom is 0.214 e. The molecule has 0 spiro atoms. The fourth-order valence-electron chi connectivity index (χ4n) is 2.61. The van der Waals surface area contributed by atoms with E-state index in [-0.39, 0.29) is 5.75 Å². The predicted octanol–water partition coefficient (Wildman–Crippen LogP) is 3.24. The summed E-state index contributed by atoms with van der Waals surface area (Å²) in [4.78, 5) is 4.39. The topological polar surface area (TPSA) is 50.3 Å². The van der Waals surface area contributed by atoms with E-state index < -0.39 is 10.0 Å². The summed E-state index contributed by atoms with van der Waals surface area (Å²) in [6.45, 7) is 0.328. The smallest absolute Gasteiger partial charge is 0.214 e. The molecule has 0 saturated carbocycles. The lowest BCUT2D eigenvalue weighted by molar-refractivity contribution is 0.466. The van der Waals surface area contributed by atoms with Gasteiger partial charge < -0.3 is 0 Å². The van der Waals surface area contributed by atoms with Crippen molar-refractivity contribution in [1.29, 1.82) is 0 Å². The van der Waals surface area contributed by atoms with Crippen LogP contribution in [0, 0.1) is 0 Å². The molecule has 0 unspecified atom stereocenters. The Hall–Kier alpha value is -2.24. The minimum Gasteiger partial charge on any atom is -0.256 e. The van der Waals surface area contributed by atoms with E-state index in [9.17, 15) is 8.42 Å². The Morgan fingerprint density at radius 2 is 1.67 bits per heavy atom. The molecule has 0 bridgehead atoms. The second-order valence-corrected chi connectivity index (χ2v) is 8.04. The van der Waals surface area contributed by atoms with E-state index in [1.54, 1.807) is 13.2 Å². The number of sulfonamides is 1. The van der Waals surface area contributed by atoms with Gasteiger partial charge in [0.1, 0.15) is 0 Å². The molecule has 0 N–H and O–H groups in total. The first kappa shape index (κ1) is 16.6. The SMILES string of the molecule is CN(Cc1cnc2ccccc2c1)S(=O)(=O)CCc1ccccc1. The molecule has 0 saturated heterocycles. The number of hydrogen-bond acceptors (Lipinski definition) is 3. The molecule has 0 aliphatic carbocycles. The molecule has 3 rings (SSSR count). The number of aromatic nitrogens is 1. The molecule has 4 nitrogen and oxygen atoms in total. The van der Waals surface area contributed by atoms with Crippen LogP contribution < -0.4 is 0 Å². The number of hydrogen-bond donors (Lipinski definition) is 0. The van der Waals surface area contributed by atoms with Crippen molar-refractivity contribution in [2.45, 2.75) is 13.0 Å². The van der Waals surface area contributed by atoms with E-state index >= 15 is 0 Å². The van der Waals surface area contributed by atoms with Crippen molar-refractivity contribution in [3.8, 4) is 0 Å². The summed E-state index contributed by atoms with van der Waals surface area (Å²) in [7, 11) is -1.68. The normalized spacial score (nSPS) is 11.9. The number of para-hydroxylation sites is 1. The highest BCUT2D eigenvalue weighted by Gasteiger charge is 2.18. The van der Waals surface area contributed by atoms with E-state index in [0.717, 1.165) is 22.0 Å². The monoisotopic (exact) mass is 340 g/mol. The molecule has 0 amide bonds. The van der Waals surface area contributed by atoms with Gasteiger partial charge in [-0.2, -0.15) is 0 Å². The van der Waals surface area contributed by atoms with E-state index in [2.05, 4.69) is 4.98 Å².